The third-order valence-electron chi connectivity index (χ3n) is 13.0. The topological polar surface area (TPSA) is 9.86 Å². The van der Waals surface area contributed by atoms with E-state index in [1.54, 1.807) is 0 Å². The fraction of sp³-hybridized carbons (Fsp3) is 0. The molecule has 0 bridgehead atoms. The zero-order chi connectivity index (χ0) is 41.7. The largest absolute Gasteiger partial charge is 0.309 e. The van der Waals surface area contributed by atoms with Crippen molar-refractivity contribution < 1.29 is 0 Å². The monoisotopic (exact) mass is 818 g/mol. The van der Waals surface area contributed by atoms with Gasteiger partial charge < -0.3 is 9.13 Å². The van der Waals surface area contributed by atoms with Crippen molar-refractivity contribution in [2.45, 2.75) is 0 Å². The van der Waals surface area contributed by atoms with Crippen molar-refractivity contribution in [1.29, 1.82) is 0 Å². The Morgan fingerprint density at radius 1 is 0.222 bits per heavy atom. The van der Waals surface area contributed by atoms with Gasteiger partial charge in [-0.05, 0) is 97.6 Å². The maximum Gasteiger partial charge on any atom is 0.179 e. The minimum absolute atomic E-state index is 1.14. The predicted molar refractivity (Wildman–Crippen MR) is 270 cm³/mol. The molecule has 2 aromatic heterocycles. The summed E-state index contributed by atoms with van der Waals surface area (Å²) < 4.78 is 4.92. The molecule has 0 saturated carbocycles. The molecule has 0 N–H and O–H groups in total. The van der Waals surface area contributed by atoms with Crippen LogP contribution in [0.15, 0.2) is 255 Å². The lowest BCUT2D eigenvalue weighted by Gasteiger charge is -2.34. The van der Waals surface area contributed by atoms with Crippen molar-refractivity contribution in [1.82, 2.24) is 9.13 Å². The average molecular weight is 819 g/mol. The lowest BCUT2D eigenvalue weighted by molar-refractivity contribution is 1.17. The Morgan fingerprint density at radius 2 is 0.603 bits per heavy atom. The molecule has 0 aliphatic heterocycles. The van der Waals surface area contributed by atoms with Crippen molar-refractivity contribution in [3.63, 3.8) is 0 Å². The van der Waals surface area contributed by atoms with Crippen LogP contribution in [0.3, 0.4) is 0 Å². The highest BCUT2D eigenvalue weighted by atomic mass is 28.3. The Labute approximate surface area is 368 Å². The Balaban J connectivity index is 1.08. The summed E-state index contributed by atoms with van der Waals surface area (Å²) in [5.74, 6) is 0. The number of rotatable bonds is 8. The molecule has 2 nitrogen and oxygen atoms in total. The van der Waals surface area contributed by atoms with Crippen LogP contribution in [0.2, 0.25) is 0 Å². The van der Waals surface area contributed by atoms with Crippen molar-refractivity contribution in [3.8, 4) is 33.6 Å². The maximum atomic E-state index is 2.52. The molecular formula is C60H42N2Si. The summed E-state index contributed by atoms with van der Waals surface area (Å²) in [6.45, 7) is 0. The van der Waals surface area contributed by atoms with E-state index in [2.05, 4.69) is 264 Å². The molecule has 296 valence electrons. The third kappa shape index (κ3) is 6.00. The quantitative estimate of drug-likeness (QED) is 0.107. The van der Waals surface area contributed by atoms with E-state index in [9.17, 15) is 0 Å². The fourth-order valence-corrected chi connectivity index (χ4v) is 15.0. The normalized spacial score (nSPS) is 11.8. The molecule has 0 fully saturated rings. The number of nitrogens with zero attached hydrogens (tertiary/aromatic N) is 2. The number of hydrogen-bond acceptors (Lipinski definition) is 0. The molecule has 2 heterocycles. The van der Waals surface area contributed by atoms with Crippen LogP contribution in [0.25, 0.3) is 77.2 Å². The van der Waals surface area contributed by atoms with Gasteiger partial charge in [-0.1, -0.05) is 200 Å². The van der Waals surface area contributed by atoms with Gasteiger partial charge in [0.15, 0.2) is 8.07 Å². The Morgan fingerprint density at radius 3 is 1.10 bits per heavy atom. The summed E-state index contributed by atoms with van der Waals surface area (Å²) in [4.78, 5) is 0. The van der Waals surface area contributed by atoms with E-state index in [1.165, 1.54) is 86.6 Å². The van der Waals surface area contributed by atoms with Crippen LogP contribution in [0.5, 0.6) is 0 Å². The lowest BCUT2D eigenvalue weighted by atomic mass is 9.98. The molecule has 0 aliphatic carbocycles. The third-order valence-corrected chi connectivity index (χ3v) is 17.8. The molecular weight excluding hydrogens is 777 g/mol. The Bertz CT molecular complexity index is 3440. The number of para-hydroxylation sites is 2. The number of fused-ring (bicyclic) bond motifs is 6. The smallest absolute Gasteiger partial charge is 0.179 e. The molecule has 12 aromatic rings. The van der Waals surface area contributed by atoms with Gasteiger partial charge in [0.05, 0.1) is 22.1 Å². The van der Waals surface area contributed by atoms with Crippen LogP contribution in [0, 0.1) is 0 Å². The van der Waals surface area contributed by atoms with Crippen LogP contribution in [0.4, 0.5) is 0 Å². The van der Waals surface area contributed by atoms with Crippen LogP contribution in [-0.2, 0) is 0 Å². The second kappa shape index (κ2) is 15.2. The first-order valence-electron chi connectivity index (χ1n) is 21.8. The van der Waals surface area contributed by atoms with Gasteiger partial charge in [-0.3, -0.25) is 0 Å². The van der Waals surface area contributed by atoms with Crippen LogP contribution in [-0.4, -0.2) is 17.2 Å². The van der Waals surface area contributed by atoms with E-state index in [0.717, 1.165) is 11.4 Å². The predicted octanol–water partition coefficient (Wildman–Crippen LogP) is 12.6. The lowest BCUT2D eigenvalue weighted by Crippen LogP contribution is -2.74. The Hall–Kier alpha value is -7.98. The van der Waals surface area contributed by atoms with Gasteiger partial charge in [0.2, 0.25) is 0 Å². The van der Waals surface area contributed by atoms with Crippen molar-refractivity contribution >= 4 is 72.4 Å². The molecule has 3 heteroatoms. The number of benzene rings is 10. The molecule has 0 aliphatic rings. The molecule has 0 atom stereocenters. The maximum absolute atomic E-state index is 2.73. The summed E-state index contributed by atoms with van der Waals surface area (Å²) in [6.07, 6.45) is 0. The molecule has 0 spiro atoms. The highest BCUT2D eigenvalue weighted by Gasteiger charge is 2.41. The highest BCUT2D eigenvalue weighted by molar-refractivity contribution is 7.20. The minimum atomic E-state index is -2.73. The van der Waals surface area contributed by atoms with Crippen molar-refractivity contribution in [2.75, 3.05) is 0 Å². The van der Waals surface area contributed by atoms with E-state index in [4.69, 9.17) is 0 Å². The zero-order valence-corrected chi connectivity index (χ0v) is 35.6. The SMILES string of the molecule is c1ccc(-c2cc(-c3ccccc3)cc(-n3c4ccccc4c4cc(-n5c6ccccc6c6cc([Si](c7ccccc7)(c7ccccc7)c7ccccc7)ccc65)ccc43)c2)cc1. The first-order chi connectivity index (χ1) is 31.3. The molecule has 10 aromatic carbocycles. The molecule has 0 radical (unpaired) electrons. The summed E-state index contributed by atoms with van der Waals surface area (Å²) in [5, 5.41) is 10.4. The highest BCUT2D eigenvalue weighted by Crippen LogP contribution is 2.39. The molecule has 0 saturated heterocycles. The second-order valence-electron chi connectivity index (χ2n) is 16.5. The van der Waals surface area contributed by atoms with Crippen LogP contribution >= 0.6 is 0 Å². The second-order valence-corrected chi connectivity index (χ2v) is 20.3. The molecule has 12 rings (SSSR count). The molecule has 0 amide bonds. The van der Waals surface area contributed by atoms with Gasteiger partial charge >= 0.3 is 0 Å². The van der Waals surface area contributed by atoms with E-state index >= 15 is 0 Å². The van der Waals surface area contributed by atoms with Gasteiger partial charge in [0, 0.05) is 32.9 Å². The van der Waals surface area contributed by atoms with E-state index in [1.807, 2.05) is 0 Å². The van der Waals surface area contributed by atoms with Crippen molar-refractivity contribution in [2.24, 2.45) is 0 Å². The van der Waals surface area contributed by atoms with Crippen LogP contribution < -0.4 is 20.7 Å². The van der Waals surface area contributed by atoms with E-state index in [-0.39, 0.29) is 0 Å². The zero-order valence-electron chi connectivity index (χ0n) is 34.6. The first kappa shape index (κ1) is 36.8. The van der Waals surface area contributed by atoms with Crippen LogP contribution in [0.1, 0.15) is 0 Å². The summed E-state index contributed by atoms with van der Waals surface area (Å²) in [5.41, 5.74) is 11.8. The van der Waals surface area contributed by atoms with E-state index < -0.39 is 8.07 Å². The number of hydrogen-bond donors (Lipinski definition) is 0. The van der Waals surface area contributed by atoms with Gasteiger partial charge in [0.1, 0.15) is 0 Å². The summed E-state index contributed by atoms with van der Waals surface area (Å²) in [6, 6.07) is 94.2. The summed E-state index contributed by atoms with van der Waals surface area (Å²) >= 11 is 0. The fourth-order valence-electron chi connectivity index (χ4n) is 10.3. The first-order valence-corrected chi connectivity index (χ1v) is 23.8. The minimum Gasteiger partial charge on any atom is -0.309 e. The Kier molecular flexibility index (Phi) is 8.87. The van der Waals surface area contributed by atoms with Gasteiger partial charge in [-0.25, -0.2) is 0 Å². The van der Waals surface area contributed by atoms with Gasteiger partial charge in [-0.15, -0.1) is 0 Å². The van der Waals surface area contributed by atoms with Gasteiger partial charge in [-0.2, -0.15) is 0 Å². The molecule has 0 unspecified atom stereocenters. The van der Waals surface area contributed by atoms with E-state index in [0.29, 0.717) is 0 Å². The molecule has 63 heavy (non-hydrogen) atoms. The average Bonchev–Trinajstić information content (AvgIpc) is 3.88. The number of aromatic nitrogens is 2. The van der Waals surface area contributed by atoms with Gasteiger partial charge in [0.25, 0.3) is 0 Å². The summed E-state index contributed by atoms with van der Waals surface area (Å²) in [7, 11) is -2.73. The standard InChI is InChI=1S/C60H42N2Si/c1-6-20-43(21-7-1)45-38-46(44-22-8-2-9-23-44)40-48(39-45)62-58-33-19-16-30-53(58)55-41-47(34-36-59(55)62)61-57-32-18-17-31-54(57)56-42-52(35-37-60(56)61)63(49-24-10-3-11-25-49,50-26-12-4-13-27-50)51-28-14-5-15-29-51/h1-42H. The van der Waals surface area contributed by atoms with Crippen molar-refractivity contribution in [3.05, 3.63) is 255 Å².